The van der Waals surface area contributed by atoms with E-state index in [1.807, 2.05) is 43.6 Å². The molecule has 5 heteroatoms. The zero-order valence-electron chi connectivity index (χ0n) is 12.1. The Morgan fingerprint density at radius 2 is 1.90 bits per heavy atom. The van der Waals surface area contributed by atoms with Gasteiger partial charge in [0.05, 0.1) is 17.9 Å². The van der Waals surface area contributed by atoms with Crippen LogP contribution in [-0.2, 0) is 13.6 Å². The summed E-state index contributed by atoms with van der Waals surface area (Å²) in [5.41, 5.74) is 2.48. The van der Waals surface area contributed by atoms with Crippen molar-refractivity contribution in [2.24, 2.45) is 7.05 Å². The standard InChI is InChI=1S/C16H17N3O2/c1-17-9-5-8-14(17)15(20)11-19-13-7-4-3-6-12(13)10-18(2)16(19)21/h3-9H,10-11H2,1-2H3. The van der Waals surface area contributed by atoms with Crippen LogP contribution in [0.15, 0.2) is 42.6 Å². The van der Waals surface area contributed by atoms with Gasteiger partial charge in [-0.3, -0.25) is 9.69 Å². The molecule has 0 saturated carbocycles. The van der Waals surface area contributed by atoms with E-state index in [0.29, 0.717) is 12.2 Å². The van der Waals surface area contributed by atoms with Crippen LogP contribution in [0.4, 0.5) is 10.5 Å². The number of para-hydroxylation sites is 1. The fourth-order valence-corrected chi connectivity index (χ4v) is 2.67. The molecule has 0 atom stereocenters. The maximum absolute atomic E-state index is 12.4. The van der Waals surface area contributed by atoms with Gasteiger partial charge in [-0.1, -0.05) is 18.2 Å². The van der Waals surface area contributed by atoms with Crippen molar-refractivity contribution in [2.75, 3.05) is 18.5 Å². The molecule has 0 saturated heterocycles. The van der Waals surface area contributed by atoms with Gasteiger partial charge in [0.15, 0.2) is 5.78 Å². The minimum atomic E-state index is -0.142. The van der Waals surface area contributed by atoms with Gasteiger partial charge in [-0.05, 0) is 23.8 Å². The number of ketones is 1. The van der Waals surface area contributed by atoms with E-state index < -0.39 is 0 Å². The molecule has 0 aliphatic carbocycles. The topological polar surface area (TPSA) is 45.5 Å². The summed E-state index contributed by atoms with van der Waals surface area (Å²) in [7, 11) is 3.57. The molecule has 0 spiro atoms. The quantitative estimate of drug-likeness (QED) is 0.811. The Bertz CT molecular complexity index is 705. The van der Waals surface area contributed by atoms with Crippen LogP contribution in [0.5, 0.6) is 0 Å². The fourth-order valence-electron chi connectivity index (χ4n) is 2.67. The molecule has 1 aliphatic rings. The molecule has 1 aromatic heterocycles. The molecule has 2 aromatic rings. The molecule has 2 heterocycles. The third-order valence-corrected chi connectivity index (χ3v) is 3.78. The van der Waals surface area contributed by atoms with Crippen LogP contribution in [0.25, 0.3) is 0 Å². The number of carbonyl (C=O) groups excluding carboxylic acids is 2. The van der Waals surface area contributed by atoms with Crippen LogP contribution in [0.3, 0.4) is 0 Å². The summed E-state index contributed by atoms with van der Waals surface area (Å²) in [4.78, 5) is 28.0. The van der Waals surface area contributed by atoms with Gasteiger partial charge in [-0.15, -0.1) is 0 Å². The molecule has 0 radical (unpaired) electrons. The second-order valence-electron chi connectivity index (χ2n) is 5.28. The Kier molecular flexibility index (Phi) is 3.25. The second kappa shape index (κ2) is 5.09. The number of anilines is 1. The number of amides is 2. The van der Waals surface area contributed by atoms with Crippen molar-refractivity contribution < 1.29 is 9.59 Å². The zero-order chi connectivity index (χ0) is 15.0. The van der Waals surface area contributed by atoms with Gasteiger partial charge in [-0.25, -0.2) is 4.79 Å². The van der Waals surface area contributed by atoms with E-state index in [4.69, 9.17) is 0 Å². The van der Waals surface area contributed by atoms with Crippen molar-refractivity contribution in [1.82, 2.24) is 9.47 Å². The first kappa shape index (κ1) is 13.4. The SMILES string of the molecule is CN1Cc2ccccc2N(CC(=O)c2cccn2C)C1=O. The average molecular weight is 283 g/mol. The van der Waals surface area contributed by atoms with E-state index in [-0.39, 0.29) is 18.4 Å². The van der Waals surface area contributed by atoms with E-state index in [9.17, 15) is 9.59 Å². The van der Waals surface area contributed by atoms with Gasteiger partial charge in [0.2, 0.25) is 0 Å². The summed E-state index contributed by atoms with van der Waals surface area (Å²) in [6.07, 6.45) is 1.82. The van der Waals surface area contributed by atoms with Crippen LogP contribution in [0, 0.1) is 0 Å². The van der Waals surface area contributed by atoms with Crippen LogP contribution in [-0.4, -0.2) is 34.9 Å². The first-order valence-corrected chi connectivity index (χ1v) is 6.83. The number of rotatable bonds is 3. The number of hydrogen-bond donors (Lipinski definition) is 0. The molecular formula is C16H17N3O2. The summed E-state index contributed by atoms with van der Waals surface area (Å²) >= 11 is 0. The number of nitrogens with zero attached hydrogens (tertiary/aromatic N) is 3. The third kappa shape index (κ3) is 2.31. The van der Waals surface area contributed by atoms with Crippen molar-refractivity contribution in [3.8, 4) is 0 Å². The Hall–Kier alpha value is -2.56. The van der Waals surface area contributed by atoms with Crippen molar-refractivity contribution in [2.45, 2.75) is 6.54 Å². The van der Waals surface area contributed by atoms with Crippen LogP contribution in [0.2, 0.25) is 0 Å². The van der Waals surface area contributed by atoms with Crippen molar-refractivity contribution in [3.05, 3.63) is 53.9 Å². The molecule has 108 valence electrons. The van der Waals surface area contributed by atoms with Crippen LogP contribution in [0.1, 0.15) is 16.1 Å². The van der Waals surface area contributed by atoms with E-state index >= 15 is 0 Å². The summed E-state index contributed by atoms with van der Waals surface area (Å²) in [6.45, 7) is 0.627. The van der Waals surface area contributed by atoms with E-state index in [1.54, 1.807) is 27.5 Å². The summed E-state index contributed by atoms with van der Waals surface area (Å²) in [5, 5.41) is 0. The molecule has 0 fully saturated rings. The minimum absolute atomic E-state index is 0.0536. The Labute approximate surface area is 123 Å². The largest absolute Gasteiger partial charge is 0.348 e. The van der Waals surface area contributed by atoms with Crippen molar-refractivity contribution in [3.63, 3.8) is 0 Å². The van der Waals surface area contributed by atoms with Gasteiger partial charge in [0.25, 0.3) is 0 Å². The zero-order valence-corrected chi connectivity index (χ0v) is 12.1. The minimum Gasteiger partial charge on any atom is -0.348 e. The van der Waals surface area contributed by atoms with Gasteiger partial charge in [0, 0.05) is 26.8 Å². The number of hydrogen-bond acceptors (Lipinski definition) is 2. The highest BCUT2D eigenvalue weighted by molar-refractivity contribution is 6.05. The smallest absolute Gasteiger partial charge is 0.324 e. The van der Waals surface area contributed by atoms with E-state index in [2.05, 4.69) is 0 Å². The Balaban J connectivity index is 1.92. The lowest BCUT2D eigenvalue weighted by Gasteiger charge is -2.34. The number of aryl methyl sites for hydroxylation is 1. The molecule has 2 amide bonds. The maximum Gasteiger partial charge on any atom is 0.324 e. The summed E-state index contributed by atoms with van der Waals surface area (Å²) in [5.74, 6) is -0.0686. The molecule has 0 unspecified atom stereocenters. The molecule has 21 heavy (non-hydrogen) atoms. The second-order valence-corrected chi connectivity index (χ2v) is 5.28. The lowest BCUT2D eigenvalue weighted by Crippen LogP contribution is -2.47. The molecule has 0 bridgehead atoms. The van der Waals surface area contributed by atoms with Gasteiger partial charge in [0.1, 0.15) is 0 Å². The number of urea groups is 1. The normalized spacial score (nSPS) is 14.3. The number of Topliss-reactive ketones (excluding diaryl/α,β-unsaturated/α-hetero) is 1. The molecule has 1 aliphatic heterocycles. The fraction of sp³-hybridized carbons (Fsp3) is 0.250. The predicted molar refractivity (Wildman–Crippen MR) is 80.4 cm³/mol. The van der Waals surface area contributed by atoms with Gasteiger partial charge < -0.3 is 9.47 Å². The van der Waals surface area contributed by atoms with Crippen molar-refractivity contribution in [1.29, 1.82) is 0 Å². The molecule has 0 N–H and O–H groups in total. The van der Waals surface area contributed by atoms with Crippen molar-refractivity contribution >= 4 is 17.5 Å². The average Bonchev–Trinajstić information content (AvgIpc) is 2.90. The molecular weight excluding hydrogens is 266 g/mol. The lowest BCUT2D eigenvalue weighted by molar-refractivity contribution is 0.0989. The first-order chi connectivity index (χ1) is 10.1. The predicted octanol–water partition coefficient (Wildman–Crippen LogP) is 2.28. The third-order valence-electron chi connectivity index (χ3n) is 3.78. The number of carbonyl (C=O) groups is 2. The lowest BCUT2D eigenvalue weighted by atomic mass is 10.1. The Morgan fingerprint density at radius 3 is 2.62 bits per heavy atom. The monoisotopic (exact) mass is 283 g/mol. The number of aromatic nitrogens is 1. The van der Waals surface area contributed by atoms with Crippen LogP contribution < -0.4 is 4.90 Å². The Morgan fingerprint density at radius 1 is 1.14 bits per heavy atom. The number of fused-ring (bicyclic) bond motifs is 1. The highest BCUT2D eigenvalue weighted by Crippen LogP contribution is 2.27. The van der Waals surface area contributed by atoms with Crippen LogP contribution >= 0.6 is 0 Å². The highest BCUT2D eigenvalue weighted by atomic mass is 16.2. The molecule has 5 nitrogen and oxygen atoms in total. The number of benzene rings is 1. The van der Waals surface area contributed by atoms with E-state index in [1.165, 1.54) is 0 Å². The molecule has 1 aromatic carbocycles. The highest BCUT2D eigenvalue weighted by Gasteiger charge is 2.29. The van der Waals surface area contributed by atoms with Gasteiger partial charge >= 0.3 is 6.03 Å². The molecule has 3 rings (SSSR count). The van der Waals surface area contributed by atoms with Gasteiger partial charge in [-0.2, -0.15) is 0 Å². The maximum atomic E-state index is 12.4. The summed E-state index contributed by atoms with van der Waals surface area (Å²) < 4.78 is 1.77. The first-order valence-electron chi connectivity index (χ1n) is 6.83. The van der Waals surface area contributed by atoms with E-state index in [0.717, 1.165) is 11.3 Å². The summed E-state index contributed by atoms with van der Waals surface area (Å²) in [6, 6.07) is 11.2.